The molecule has 0 saturated carbocycles. The van der Waals surface area contributed by atoms with Gasteiger partial charge in [0.2, 0.25) is 0 Å². The summed E-state index contributed by atoms with van der Waals surface area (Å²) in [4.78, 5) is 17.5. The van der Waals surface area contributed by atoms with Gasteiger partial charge in [0.25, 0.3) is 0 Å². The van der Waals surface area contributed by atoms with Gasteiger partial charge in [-0.05, 0) is 132 Å². The first-order valence-corrected chi connectivity index (χ1v) is 19.2. The lowest BCUT2D eigenvalue weighted by molar-refractivity contribution is -0.121. The van der Waals surface area contributed by atoms with E-state index in [0.717, 1.165) is 53.3 Å². The number of phenolic OH excluding ortho intramolecular Hbond substituents is 1. The van der Waals surface area contributed by atoms with Crippen molar-refractivity contribution in [1.82, 2.24) is 0 Å². The molecule has 0 aromatic heterocycles. The van der Waals surface area contributed by atoms with E-state index in [1.54, 1.807) is 26.3 Å². The van der Waals surface area contributed by atoms with Gasteiger partial charge in [0.1, 0.15) is 36.1 Å². The summed E-state index contributed by atoms with van der Waals surface area (Å²) in [6.45, 7) is -0.0221. The van der Waals surface area contributed by atoms with Crippen LogP contribution in [0.1, 0.15) is 66.3 Å². The van der Waals surface area contributed by atoms with Crippen LogP contribution in [0.5, 0.6) is 17.2 Å². The number of nitrogens with two attached hydrogens (primary N) is 1. The van der Waals surface area contributed by atoms with Gasteiger partial charge in [-0.1, -0.05) is 42.7 Å². The molecule has 292 valence electrons. The number of aliphatic hydroxyl groups is 2. The molecule has 3 atom stereocenters. The Morgan fingerprint density at radius 2 is 1.93 bits per heavy atom. The fraction of sp³-hybridized carbons (Fsp3) is 0.348. The molecular formula is C46H51N3O7. The van der Waals surface area contributed by atoms with Crippen LogP contribution in [0, 0.1) is 23.9 Å². The van der Waals surface area contributed by atoms with Crippen molar-refractivity contribution in [2.45, 2.75) is 77.1 Å². The number of phenols is 1. The van der Waals surface area contributed by atoms with Gasteiger partial charge in [0, 0.05) is 37.6 Å². The van der Waals surface area contributed by atoms with Crippen LogP contribution in [0.4, 0.5) is 5.69 Å². The number of aromatic hydroxyl groups is 1. The van der Waals surface area contributed by atoms with Gasteiger partial charge in [-0.25, -0.2) is 0 Å². The largest absolute Gasteiger partial charge is 0.508 e. The minimum atomic E-state index is -0.520. The van der Waals surface area contributed by atoms with E-state index in [0.29, 0.717) is 47.8 Å². The second kappa shape index (κ2) is 19.1. The number of nitrogens with zero attached hydrogens (tertiary/aromatic N) is 1. The number of carbonyl (C=O) groups is 1. The number of hydrogen-bond donors (Lipinski definition) is 5. The Morgan fingerprint density at radius 3 is 2.75 bits per heavy atom. The molecule has 0 fully saturated rings. The molecule has 56 heavy (non-hydrogen) atoms. The smallest absolute Gasteiger partial charge is 0.192 e. The molecule has 4 aromatic carbocycles. The molecule has 0 unspecified atom stereocenters. The number of nitrogens with one attached hydrogen (secondary N) is 1. The van der Waals surface area contributed by atoms with Crippen LogP contribution < -0.4 is 20.5 Å². The van der Waals surface area contributed by atoms with E-state index in [2.05, 4.69) is 40.5 Å². The number of rotatable bonds is 10. The van der Waals surface area contributed by atoms with Crippen molar-refractivity contribution in [1.29, 1.82) is 0 Å². The fourth-order valence-electron chi connectivity index (χ4n) is 7.53. The van der Waals surface area contributed by atoms with Gasteiger partial charge in [-0.2, -0.15) is 0 Å². The summed E-state index contributed by atoms with van der Waals surface area (Å²) in [5, 5.41) is 36.5. The number of ketones is 1. The van der Waals surface area contributed by atoms with Gasteiger partial charge in [-0.15, -0.1) is 0 Å². The Morgan fingerprint density at radius 1 is 1.05 bits per heavy atom. The standard InChI is InChI=1S/C46H51N3O7/c1-48-46(47)49-37-10-5-8-30(21-37)7-3-4-9-32-14-17-38(51)24-34(32)25-40-27-39(52)16-12-31-13-19-44(54-2)45(22-31)56-29-36-23-33-15-18-43(53)41(11-6-20-55-40)42(33)26-35(36)28-50/h5,8,10,13-15,17-19,21-24,26,32,34,40,50-51,53H,3-4,7,9,11-12,16,25,27-29H2,1-2H3,(H3,47,48,49)/t32-,34+,40+/m1/s1. The second-order valence-electron chi connectivity index (χ2n) is 14.5. The third-order valence-electron chi connectivity index (χ3n) is 10.6. The normalized spacial score (nSPS) is 18.8. The molecule has 6 N–H and O–H groups in total. The molecular weight excluding hydrogens is 707 g/mol. The zero-order chi connectivity index (χ0) is 39.4. The highest BCUT2D eigenvalue weighted by Gasteiger charge is 2.27. The average molecular weight is 758 g/mol. The number of aryl methyl sites for hydroxylation is 2. The number of ether oxygens (including phenoxy) is 3. The molecule has 10 heteroatoms. The first-order valence-electron chi connectivity index (χ1n) is 19.2. The van der Waals surface area contributed by atoms with Crippen LogP contribution in [0.2, 0.25) is 0 Å². The number of aliphatic hydroxyl groups excluding tert-OH is 2. The monoisotopic (exact) mass is 757 g/mol. The van der Waals surface area contributed by atoms with Crippen LogP contribution in [0.15, 0.2) is 95.7 Å². The number of allylic oxidation sites excluding steroid dienone is 3. The number of unbranched alkanes of at least 4 members (excludes halogenated alkanes) is 1. The molecule has 0 amide bonds. The molecule has 2 aliphatic heterocycles. The molecule has 4 aromatic rings. The summed E-state index contributed by atoms with van der Waals surface area (Å²) in [7, 11) is 3.23. The molecule has 2 heterocycles. The number of aliphatic imine (C=N–C) groups is 1. The summed E-state index contributed by atoms with van der Waals surface area (Å²) >= 11 is 0. The molecule has 1 aliphatic carbocycles. The number of anilines is 1. The minimum absolute atomic E-state index is 0.0420. The Labute approximate surface area is 328 Å². The highest BCUT2D eigenvalue weighted by atomic mass is 16.5. The third-order valence-corrected chi connectivity index (χ3v) is 10.6. The van der Waals surface area contributed by atoms with E-state index < -0.39 is 6.10 Å². The molecule has 6 bridgehead atoms. The fourth-order valence-corrected chi connectivity index (χ4v) is 7.53. The quantitative estimate of drug-likeness (QED) is 0.0471. The Balaban J connectivity index is 1.20. The van der Waals surface area contributed by atoms with Gasteiger partial charge < -0.3 is 40.6 Å². The van der Waals surface area contributed by atoms with Gasteiger partial charge in [0.05, 0.1) is 13.7 Å². The maximum absolute atomic E-state index is 13.6. The third kappa shape index (κ3) is 10.4. The highest BCUT2D eigenvalue weighted by Crippen LogP contribution is 2.35. The summed E-state index contributed by atoms with van der Waals surface area (Å²) < 4.78 is 18.0. The average Bonchev–Trinajstić information content (AvgIpc) is 3.20. The number of benzene rings is 4. The van der Waals surface area contributed by atoms with Crippen molar-refractivity contribution in [3.05, 3.63) is 119 Å². The molecule has 7 rings (SSSR count). The first kappa shape index (κ1) is 39.8. The Kier molecular flexibility index (Phi) is 13.6. The van der Waals surface area contributed by atoms with Gasteiger partial charge >= 0.3 is 0 Å². The number of fused-ring (bicyclic) bond motifs is 9. The Hall–Kier alpha value is -5.92. The summed E-state index contributed by atoms with van der Waals surface area (Å²) in [6.07, 6.45) is 13.5. The van der Waals surface area contributed by atoms with Crippen molar-refractivity contribution in [2.24, 2.45) is 22.6 Å². The SMILES string of the molecule is CN=C(N)Nc1cccc(CCCC[C@@H]2C=CC(O)=C[C@H]2C[C@H]2CC(=O)CCc3ccc(OC)c(c3)OCc3cc4ccc(O)c(c4cc3CO)CC#CO2)c1. The zero-order valence-electron chi connectivity index (χ0n) is 32.1. The maximum Gasteiger partial charge on any atom is 0.192 e. The van der Waals surface area contributed by atoms with E-state index in [1.807, 2.05) is 54.6 Å². The highest BCUT2D eigenvalue weighted by molar-refractivity contribution is 5.92. The number of Topliss-reactive ketones (excluding diaryl/α,β-unsaturated/α-hetero) is 1. The van der Waals surface area contributed by atoms with E-state index in [1.165, 1.54) is 5.56 Å². The Bertz CT molecular complexity index is 2180. The number of carbonyl (C=O) groups excluding carboxylic acids is 1. The maximum atomic E-state index is 13.6. The van der Waals surface area contributed by atoms with Crippen molar-refractivity contribution in [2.75, 3.05) is 19.5 Å². The summed E-state index contributed by atoms with van der Waals surface area (Å²) in [5.41, 5.74) is 11.0. The predicted octanol–water partition coefficient (Wildman–Crippen LogP) is 7.82. The topological polar surface area (TPSA) is 156 Å². The van der Waals surface area contributed by atoms with Crippen molar-refractivity contribution in [3.8, 4) is 29.3 Å². The van der Waals surface area contributed by atoms with E-state index >= 15 is 0 Å². The molecule has 10 nitrogen and oxygen atoms in total. The summed E-state index contributed by atoms with van der Waals surface area (Å²) in [6, 6.07) is 21.1. The van der Waals surface area contributed by atoms with E-state index in [4.69, 9.17) is 19.9 Å². The van der Waals surface area contributed by atoms with Crippen LogP contribution >= 0.6 is 0 Å². The molecule has 0 spiro atoms. The molecule has 3 aliphatic rings. The van der Waals surface area contributed by atoms with Gasteiger partial charge in [-0.3, -0.25) is 9.79 Å². The number of hydrogen-bond acceptors (Lipinski definition) is 8. The lowest BCUT2D eigenvalue weighted by Gasteiger charge is -2.28. The van der Waals surface area contributed by atoms with Crippen molar-refractivity contribution < 1.29 is 34.3 Å². The molecule has 0 saturated heterocycles. The summed E-state index contributed by atoms with van der Waals surface area (Å²) in [5.74, 6) is 4.99. The predicted molar refractivity (Wildman–Crippen MR) is 220 cm³/mol. The molecule has 0 radical (unpaired) electrons. The van der Waals surface area contributed by atoms with Crippen LogP contribution in [0.25, 0.3) is 10.8 Å². The minimum Gasteiger partial charge on any atom is -0.508 e. The van der Waals surface area contributed by atoms with Crippen LogP contribution in [-0.2, 0) is 42.0 Å². The van der Waals surface area contributed by atoms with Gasteiger partial charge in [0.15, 0.2) is 17.5 Å². The van der Waals surface area contributed by atoms with E-state index in [-0.39, 0.29) is 55.2 Å². The van der Waals surface area contributed by atoms with Crippen LogP contribution in [0.3, 0.4) is 0 Å². The van der Waals surface area contributed by atoms with Crippen molar-refractivity contribution >= 4 is 28.2 Å². The number of guanidine groups is 1. The second-order valence-corrected chi connectivity index (χ2v) is 14.5. The van der Waals surface area contributed by atoms with E-state index in [9.17, 15) is 20.1 Å². The first-order chi connectivity index (χ1) is 27.2. The van der Waals surface area contributed by atoms with Crippen LogP contribution in [-0.4, -0.2) is 47.3 Å². The number of methoxy groups -OCH3 is 1. The van der Waals surface area contributed by atoms with Crippen molar-refractivity contribution in [3.63, 3.8) is 0 Å². The lowest BCUT2D eigenvalue weighted by Crippen LogP contribution is -2.24. The lowest BCUT2D eigenvalue weighted by atomic mass is 9.80. The zero-order valence-corrected chi connectivity index (χ0v) is 32.1.